The van der Waals surface area contributed by atoms with E-state index in [1.165, 1.54) is 25.7 Å². The number of methoxy groups -OCH3 is 1. The molecule has 15 heavy (non-hydrogen) atoms. The molecule has 1 saturated carbocycles. The molecule has 0 saturated heterocycles. The van der Waals surface area contributed by atoms with Crippen LogP contribution < -0.4 is 5.32 Å². The van der Waals surface area contributed by atoms with Crippen LogP contribution in [0.1, 0.15) is 39.5 Å². The average molecular weight is 215 g/mol. The van der Waals surface area contributed by atoms with Crippen molar-refractivity contribution in [1.82, 2.24) is 5.32 Å². The van der Waals surface area contributed by atoms with E-state index in [1.54, 1.807) is 7.11 Å². The van der Waals surface area contributed by atoms with Crippen molar-refractivity contribution in [2.75, 3.05) is 20.3 Å². The second-order valence-corrected chi connectivity index (χ2v) is 5.46. The summed E-state index contributed by atoms with van der Waals surface area (Å²) >= 11 is 0. The number of aliphatic hydroxyl groups is 1. The maximum Gasteiger partial charge on any atom is 0.0897 e. The molecule has 1 fully saturated rings. The first-order chi connectivity index (χ1) is 7.03. The third kappa shape index (κ3) is 4.96. The normalized spacial score (nSPS) is 24.0. The molecule has 3 heteroatoms. The quantitative estimate of drug-likeness (QED) is 0.731. The monoisotopic (exact) mass is 215 g/mol. The Labute approximate surface area is 93.2 Å². The topological polar surface area (TPSA) is 41.5 Å². The highest BCUT2D eigenvalue weighted by Crippen LogP contribution is 2.34. The van der Waals surface area contributed by atoms with Crippen LogP contribution in [0, 0.1) is 5.41 Å². The van der Waals surface area contributed by atoms with Gasteiger partial charge in [-0.15, -0.1) is 0 Å². The summed E-state index contributed by atoms with van der Waals surface area (Å²) in [4.78, 5) is 0. The van der Waals surface area contributed by atoms with Crippen LogP contribution in [0.5, 0.6) is 0 Å². The summed E-state index contributed by atoms with van der Waals surface area (Å²) in [5.41, 5.74) is 0.517. The summed E-state index contributed by atoms with van der Waals surface area (Å²) in [7, 11) is 1.62. The van der Waals surface area contributed by atoms with Gasteiger partial charge in [0.25, 0.3) is 0 Å². The Balaban J connectivity index is 2.13. The zero-order chi connectivity index (χ0) is 11.3. The maximum atomic E-state index is 9.49. The molecule has 0 spiro atoms. The maximum absolute atomic E-state index is 9.49. The third-order valence-corrected chi connectivity index (χ3v) is 3.34. The van der Waals surface area contributed by atoms with Crippen molar-refractivity contribution in [3.8, 4) is 0 Å². The lowest BCUT2D eigenvalue weighted by molar-refractivity contribution is 0.0602. The molecule has 1 aliphatic rings. The Morgan fingerprint density at radius 2 is 2.00 bits per heavy atom. The van der Waals surface area contributed by atoms with E-state index < -0.39 is 0 Å². The van der Waals surface area contributed by atoms with Gasteiger partial charge in [-0.1, -0.05) is 13.8 Å². The van der Waals surface area contributed by atoms with Gasteiger partial charge in [0.05, 0.1) is 12.7 Å². The molecule has 2 N–H and O–H groups in total. The highest BCUT2D eigenvalue weighted by atomic mass is 16.5. The molecule has 0 aromatic carbocycles. The largest absolute Gasteiger partial charge is 0.389 e. The van der Waals surface area contributed by atoms with Gasteiger partial charge in [0.15, 0.2) is 0 Å². The van der Waals surface area contributed by atoms with Gasteiger partial charge in [0, 0.05) is 19.7 Å². The SMILES string of the molecule is COCC(O)CNC1CCC(C)(C)CC1. The molecule has 3 nitrogen and oxygen atoms in total. The first-order valence-electron chi connectivity index (χ1n) is 5.94. The molecule has 0 bridgehead atoms. The Morgan fingerprint density at radius 1 is 1.40 bits per heavy atom. The summed E-state index contributed by atoms with van der Waals surface area (Å²) in [6.07, 6.45) is 4.65. The van der Waals surface area contributed by atoms with Crippen LogP contribution in [0.2, 0.25) is 0 Å². The molecular formula is C12H25NO2. The van der Waals surface area contributed by atoms with Crippen molar-refractivity contribution in [2.45, 2.75) is 51.7 Å². The summed E-state index contributed by atoms with van der Waals surface area (Å²) < 4.78 is 4.89. The summed E-state index contributed by atoms with van der Waals surface area (Å²) in [6.45, 7) is 5.75. The number of hydrogen-bond donors (Lipinski definition) is 2. The Morgan fingerprint density at radius 3 is 2.53 bits per heavy atom. The van der Waals surface area contributed by atoms with Crippen molar-refractivity contribution in [3.05, 3.63) is 0 Å². The second kappa shape index (κ2) is 5.83. The smallest absolute Gasteiger partial charge is 0.0897 e. The fraction of sp³-hybridized carbons (Fsp3) is 1.00. The van der Waals surface area contributed by atoms with Crippen molar-refractivity contribution in [3.63, 3.8) is 0 Å². The molecule has 1 rings (SSSR count). The van der Waals surface area contributed by atoms with E-state index in [2.05, 4.69) is 19.2 Å². The first kappa shape index (κ1) is 12.9. The Bertz CT molecular complexity index is 172. The lowest BCUT2D eigenvalue weighted by Crippen LogP contribution is -2.40. The molecule has 1 atom stereocenters. The summed E-state index contributed by atoms with van der Waals surface area (Å²) in [5, 5.41) is 12.9. The molecule has 1 aliphatic carbocycles. The number of rotatable bonds is 5. The molecule has 0 amide bonds. The van der Waals surface area contributed by atoms with Gasteiger partial charge in [-0.2, -0.15) is 0 Å². The van der Waals surface area contributed by atoms with Crippen LogP contribution in [0.15, 0.2) is 0 Å². The number of ether oxygens (including phenoxy) is 1. The molecular weight excluding hydrogens is 190 g/mol. The van der Waals surface area contributed by atoms with Crippen LogP contribution in [0.4, 0.5) is 0 Å². The van der Waals surface area contributed by atoms with Crippen LogP contribution in [-0.2, 0) is 4.74 Å². The average Bonchev–Trinajstić information content (AvgIpc) is 2.17. The Hall–Kier alpha value is -0.120. The standard InChI is InChI=1S/C12H25NO2/c1-12(2)6-4-10(5-7-12)13-8-11(14)9-15-3/h10-11,13-14H,4-9H2,1-3H3. The van der Waals surface area contributed by atoms with E-state index in [-0.39, 0.29) is 6.10 Å². The third-order valence-electron chi connectivity index (χ3n) is 3.34. The molecule has 0 aromatic rings. The minimum atomic E-state index is -0.370. The lowest BCUT2D eigenvalue weighted by Gasteiger charge is -2.35. The first-order valence-corrected chi connectivity index (χ1v) is 5.94. The predicted molar refractivity (Wildman–Crippen MR) is 61.9 cm³/mol. The molecule has 0 radical (unpaired) electrons. The van der Waals surface area contributed by atoms with Gasteiger partial charge in [0.1, 0.15) is 0 Å². The molecule has 0 aromatic heterocycles. The molecule has 0 aliphatic heterocycles. The zero-order valence-corrected chi connectivity index (χ0v) is 10.3. The van der Waals surface area contributed by atoms with E-state index in [1.807, 2.05) is 0 Å². The molecule has 90 valence electrons. The van der Waals surface area contributed by atoms with E-state index in [4.69, 9.17) is 4.74 Å². The number of nitrogens with one attached hydrogen (secondary N) is 1. The van der Waals surface area contributed by atoms with Gasteiger partial charge in [-0.25, -0.2) is 0 Å². The van der Waals surface area contributed by atoms with Gasteiger partial charge in [-0.3, -0.25) is 0 Å². The summed E-state index contributed by atoms with van der Waals surface area (Å²) in [6, 6.07) is 0.588. The van der Waals surface area contributed by atoms with Crippen molar-refractivity contribution in [1.29, 1.82) is 0 Å². The van der Waals surface area contributed by atoms with Crippen molar-refractivity contribution in [2.24, 2.45) is 5.41 Å². The Kier molecular flexibility index (Phi) is 5.03. The fourth-order valence-electron chi connectivity index (χ4n) is 2.16. The van der Waals surface area contributed by atoms with Crippen LogP contribution in [0.3, 0.4) is 0 Å². The van der Waals surface area contributed by atoms with E-state index in [0.717, 1.165) is 0 Å². The fourth-order valence-corrected chi connectivity index (χ4v) is 2.16. The van der Waals surface area contributed by atoms with E-state index in [9.17, 15) is 5.11 Å². The van der Waals surface area contributed by atoms with Crippen molar-refractivity contribution >= 4 is 0 Å². The van der Waals surface area contributed by atoms with Crippen LogP contribution in [-0.4, -0.2) is 37.5 Å². The van der Waals surface area contributed by atoms with Crippen molar-refractivity contribution < 1.29 is 9.84 Å². The summed E-state index contributed by atoms with van der Waals surface area (Å²) in [5.74, 6) is 0. The number of hydrogen-bond acceptors (Lipinski definition) is 3. The minimum absolute atomic E-state index is 0.370. The van der Waals surface area contributed by atoms with Gasteiger partial charge in [-0.05, 0) is 31.1 Å². The molecule has 0 heterocycles. The van der Waals surface area contributed by atoms with Gasteiger partial charge >= 0.3 is 0 Å². The second-order valence-electron chi connectivity index (χ2n) is 5.46. The highest BCUT2D eigenvalue weighted by molar-refractivity contribution is 4.82. The lowest BCUT2D eigenvalue weighted by atomic mass is 9.75. The van der Waals surface area contributed by atoms with Crippen LogP contribution >= 0.6 is 0 Å². The minimum Gasteiger partial charge on any atom is -0.389 e. The van der Waals surface area contributed by atoms with E-state index >= 15 is 0 Å². The highest BCUT2D eigenvalue weighted by Gasteiger charge is 2.26. The zero-order valence-electron chi connectivity index (χ0n) is 10.3. The van der Waals surface area contributed by atoms with Gasteiger partial charge in [0.2, 0.25) is 0 Å². The molecule has 1 unspecified atom stereocenters. The van der Waals surface area contributed by atoms with E-state index in [0.29, 0.717) is 24.6 Å². The predicted octanol–water partition coefficient (Wildman–Crippen LogP) is 1.55. The van der Waals surface area contributed by atoms with Crippen LogP contribution in [0.25, 0.3) is 0 Å². The number of aliphatic hydroxyl groups excluding tert-OH is 1. The van der Waals surface area contributed by atoms with Gasteiger partial charge < -0.3 is 15.2 Å².